The lowest BCUT2D eigenvalue weighted by molar-refractivity contribution is 1.07. The number of thiophene rings is 1. The van der Waals surface area contributed by atoms with E-state index in [1.807, 2.05) is 79.1 Å². The van der Waals surface area contributed by atoms with E-state index in [1.165, 1.54) is 15.5 Å². The van der Waals surface area contributed by atoms with Gasteiger partial charge in [0.05, 0.1) is 10.4 Å². The second kappa shape index (κ2) is 11.4. The Morgan fingerprint density at radius 1 is 0.383 bits per heavy atom. The molecule has 0 radical (unpaired) electrons. The molecule has 0 N–H and O–H groups in total. The highest BCUT2D eigenvalue weighted by molar-refractivity contribution is 7.26. The number of nitrogens with zero attached hydrogens (tertiary/aromatic N) is 5. The normalized spacial score (nSPS) is 11.4. The summed E-state index contributed by atoms with van der Waals surface area (Å²) >= 11 is 1.77. The molecule has 47 heavy (non-hydrogen) atoms. The summed E-state index contributed by atoms with van der Waals surface area (Å²) in [4.78, 5) is 24.2. The number of benzene rings is 5. The van der Waals surface area contributed by atoms with Crippen LogP contribution in [0.3, 0.4) is 0 Å². The monoisotopic (exact) mass is 619 g/mol. The molecule has 4 aromatic heterocycles. The molecule has 5 nitrogen and oxygen atoms in total. The minimum atomic E-state index is 0.645. The Hall–Kier alpha value is -6.11. The van der Waals surface area contributed by atoms with Crippen molar-refractivity contribution in [3.63, 3.8) is 0 Å². The van der Waals surface area contributed by atoms with Crippen LogP contribution in [0.2, 0.25) is 0 Å². The number of rotatable bonds is 5. The van der Waals surface area contributed by atoms with E-state index in [0.29, 0.717) is 17.5 Å². The van der Waals surface area contributed by atoms with Crippen molar-refractivity contribution in [2.24, 2.45) is 0 Å². The molecular weight excluding hydrogens is 595 g/mol. The van der Waals surface area contributed by atoms with Gasteiger partial charge >= 0.3 is 0 Å². The van der Waals surface area contributed by atoms with Crippen molar-refractivity contribution >= 4 is 42.3 Å². The van der Waals surface area contributed by atoms with E-state index < -0.39 is 0 Å². The third-order valence-electron chi connectivity index (χ3n) is 8.46. The fourth-order valence-electron chi connectivity index (χ4n) is 6.11. The number of fused-ring (bicyclic) bond motifs is 4. The van der Waals surface area contributed by atoms with E-state index >= 15 is 0 Å². The molecule has 9 aromatic rings. The first-order chi connectivity index (χ1) is 23.3. The van der Waals surface area contributed by atoms with Gasteiger partial charge in [0.25, 0.3) is 0 Å². The maximum absolute atomic E-state index is 4.89. The summed E-state index contributed by atoms with van der Waals surface area (Å²) in [6.45, 7) is 0. The molecule has 6 heteroatoms. The van der Waals surface area contributed by atoms with Crippen molar-refractivity contribution in [3.8, 4) is 56.7 Å². The van der Waals surface area contributed by atoms with Gasteiger partial charge in [-0.05, 0) is 34.7 Å². The summed E-state index contributed by atoms with van der Waals surface area (Å²) in [6, 6.07) is 47.8. The fourth-order valence-corrected chi connectivity index (χ4v) is 7.34. The van der Waals surface area contributed by atoms with Gasteiger partial charge in [-0.1, -0.05) is 121 Å². The van der Waals surface area contributed by atoms with Crippen LogP contribution < -0.4 is 0 Å². The molecule has 0 amide bonds. The Bertz CT molecular complexity index is 2500. The van der Waals surface area contributed by atoms with E-state index in [9.17, 15) is 0 Å². The minimum absolute atomic E-state index is 0.645. The lowest BCUT2D eigenvalue weighted by Crippen LogP contribution is -2.00. The molecule has 0 aliphatic carbocycles. The second-order valence-electron chi connectivity index (χ2n) is 11.3. The van der Waals surface area contributed by atoms with Crippen LogP contribution in [0.25, 0.3) is 87.6 Å². The molecule has 0 aliphatic heterocycles. The second-order valence-corrected chi connectivity index (χ2v) is 12.4. The lowest BCUT2D eigenvalue weighted by atomic mass is 10.0. The van der Waals surface area contributed by atoms with Crippen LogP contribution in [0.5, 0.6) is 0 Å². The molecule has 0 fully saturated rings. The van der Waals surface area contributed by atoms with Crippen molar-refractivity contribution in [1.82, 2.24) is 24.9 Å². The van der Waals surface area contributed by atoms with Crippen molar-refractivity contribution in [2.45, 2.75) is 0 Å². The summed E-state index contributed by atoms with van der Waals surface area (Å²) in [5.74, 6) is 1.95. The average molecular weight is 620 g/mol. The predicted octanol–water partition coefficient (Wildman–Crippen LogP) is 10.5. The van der Waals surface area contributed by atoms with Crippen molar-refractivity contribution < 1.29 is 0 Å². The Labute approximate surface area is 275 Å². The van der Waals surface area contributed by atoms with Crippen LogP contribution in [0.1, 0.15) is 0 Å². The SMILES string of the molecule is c1ccc(-c2nc(-c3ccccc3)nc(-c3ccc(-c4ccc5c(c4)sc4c(-c6nccc7ccccc67)nccc45)cc3)n2)cc1. The molecule has 0 unspecified atom stereocenters. The van der Waals surface area contributed by atoms with Gasteiger partial charge in [-0.2, -0.15) is 0 Å². The topological polar surface area (TPSA) is 64.5 Å². The van der Waals surface area contributed by atoms with Gasteiger partial charge < -0.3 is 0 Å². The van der Waals surface area contributed by atoms with Gasteiger partial charge in [0.15, 0.2) is 17.5 Å². The highest BCUT2D eigenvalue weighted by Crippen LogP contribution is 2.41. The smallest absolute Gasteiger partial charge is 0.164 e. The van der Waals surface area contributed by atoms with Crippen LogP contribution in [-0.2, 0) is 0 Å². The van der Waals surface area contributed by atoms with Crippen molar-refractivity contribution in [3.05, 3.63) is 152 Å². The first-order valence-electron chi connectivity index (χ1n) is 15.4. The van der Waals surface area contributed by atoms with Gasteiger partial charge in [-0.15, -0.1) is 11.3 Å². The maximum Gasteiger partial charge on any atom is 0.164 e. The standard InChI is InChI=1S/C41H25N5S/c1-3-10-28(11-4-1)39-44-40(29-12-5-2-6-13-29)46-41(45-39)30-17-15-26(16-18-30)31-19-20-33-34-22-24-43-37(38(34)47-35(33)25-31)36-32-14-8-7-9-27(32)21-23-42-36/h1-25H. The van der Waals surface area contributed by atoms with Crippen LogP contribution in [0, 0.1) is 0 Å². The highest BCUT2D eigenvalue weighted by Gasteiger charge is 2.16. The third-order valence-corrected chi connectivity index (χ3v) is 9.64. The van der Waals surface area contributed by atoms with Gasteiger partial charge in [-0.25, -0.2) is 15.0 Å². The Morgan fingerprint density at radius 3 is 1.64 bits per heavy atom. The zero-order valence-corrected chi connectivity index (χ0v) is 25.9. The summed E-state index contributed by atoms with van der Waals surface area (Å²) in [6.07, 6.45) is 3.77. The van der Waals surface area contributed by atoms with E-state index in [0.717, 1.165) is 54.7 Å². The van der Waals surface area contributed by atoms with Crippen LogP contribution in [-0.4, -0.2) is 24.9 Å². The lowest BCUT2D eigenvalue weighted by Gasteiger charge is -2.09. The summed E-state index contributed by atoms with van der Waals surface area (Å²) < 4.78 is 2.37. The quantitative estimate of drug-likeness (QED) is 0.192. The maximum atomic E-state index is 4.89. The third kappa shape index (κ3) is 4.92. The van der Waals surface area contributed by atoms with E-state index in [-0.39, 0.29) is 0 Å². The van der Waals surface area contributed by atoms with Crippen LogP contribution in [0.4, 0.5) is 0 Å². The summed E-state index contributed by atoms with van der Waals surface area (Å²) in [7, 11) is 0. The number of hydrogen-bond acceptors (Lipinski definition) is 6. The summed E-state index contributed by atoms with van der Waals surface area (Å²) in [5, 5.41) is 4.69. The number of aromatic nitrogens is 5. The molecule has 220 valence electrons. The van der Waals surface area contributed by atoms with Crippen molar-refractivity contribution in [2.75, 3.05) is 0 Å². The molecule has 4 heterocycles. The Morgan fingerprint density at radius 2 is 0.936 bits per heavy atom. The molecule has 0 spiro atoms. The van der Waals surface area contributed by atoms with Gasteiger partial charge in [-0.3, -0.25) is 9.97 Å². The average Bonchev–Trinajstić information content (AvgIpc) is 3.53. The molecular formula is C41H25N5S. The fraction of sp³-hybridized carbons (Fsp3) is 0. The Kier molecular flexibility index (Phi) is 6.58. The highest BCUT2D eigenvalue weighted by atomic mass is 32.1. The van der Waals surface area contributed by atoms with Gasteiger partial charge in [0.2, 0.25) is 0 Å². The van der Waals surface area contributed by atoms with Crippen molar-refractivity contribution in [1.29, 1.82) is 0 Å². The number of hydrogen-bond donors (Lipinski definition) is 0. The van der Waals surface area contributed by atoms with E-state index in [4.69, 9.17) is 24.9 Å². The molecule has 9 rings (SSSR count). The first kappa shape index (κ1) is 27.2. The summed E-state index contributed by atoms with van der Waals surface area (Å²) in [5.41, 5.74) is 6.97. The molecule has 0 saturated heterocycles. The molecule has 0 aliphatic rings. The largest absolute Gasteiger partial charge is 0.254 e. The zero-order chi connectivity index (χ0) is 31.2. The first-order valence-corrected chi connectivity index (χ1v) is 16.2. The molecule has 0 atom stereocenters. The van der Waals surface area contributed by atoms with Gasteiger partial charge in [0, 0.05) is 49.9 Å². The number of pyridine rings is 2. The Balaban J connectivity index is 1.10. The molecule has 0 saturated carbocycles. The van der Waals surface area contributed by atoms with E-state index in [2.05, 4.69) is 72.8 Å². The molecule has 5 aromatic carbocycles. The zero-order valence-electron chi connectivity index (χ0n) is 25.1. The van der Waals surface area contributed by atoms with E-state index in [1.54, 1.807) is 11.3 Å². The van der Waals surface area contributed by atoms with Gasteiger partial charge in [0.1, 0.15) is 5.69 Å². The predicted molar refractivity (Wildman–Crippen MR) is 193 cm³/mol. The van der Waals surface area contributed by atoms with Crippen LogP contribution >= 0.6 is 11.3 Å². The minimum Gasteiger partial charge on any atom is -0.254 e. The molecule has 0 bridgehead atoms. The van der Waals surface area contributed by atoms with Crippen LogP contribution in [0.15, 0.2) is 152 Å².